The molecule has 4 atom stereocenters. The standard InChI is InChI=1S/C80H100N14O14S/c1-50(2)68(87-64(95)19-7-6-10-34-92-65(96)27-28-66(92)97)72(102)94(61(70(81)100)17-12-32-83-74(82)105)55-23-21-52(22-24-55)42-107-76(106)90-36-30-54(31-37-90)89(33-13-20-67(98)99)38-39-108-80-46-77(4)43-78(5,47-80)45-79(44-77,48-80)49-93-51(3)58(40-84-93)56-25-26-63(86-69(56)73(103)104)91-35-29-53-14-11-15-57(59(53)41-91)71(101)88-75-85-60-16-8-9-18-62(60)109-75/h8-9,11,14-16,18,21-28,40,50,54,61,68H,6-7,10,12-13,17,19-20,29-39,41-49H2,1-5H3,(H2,81,100)(H,87,95)(H,98,99)(H,103,104)(H3,82,83,105)(H,85,88,101)/t61-,68-,77?,78?,79?,80?/m0/s1. The largest absolute Gasteiger partial charge is 0.481 e. The number of piperidine rings is 1. The molecule has 7 aliphatic rings. The van der Waals surface area contributed by atoms with Crippen LogP contribution in [0.4, 0.5) is 26.2 Å². The van der Waals surface area contributed by atoms with Crippen LogP contribution in [0.2, 0.25) is 0 Å². The molecule has 4 saturated carbocycles. The number of carboxylic acids is 2. The van der Waals surface area contributed by atoms with Crippen molar-refractivity contribution in [2.75, 3.05) is 67.5 Å². The Kier molecular flexibility index (Phi) is 24.0. The molecule has 29 heteroatoms. The first-order valence-electron chi connectivity index (χ1n) is 38.0. The van der Waals surface area contributed by atoms with Crippen molar-refractivity contribution in [1.29, 1.82) is 0 Å². The number of aliphatic carboxylic acids is 1. The Morgan fingerprint density at radius 1 is 0.780 bits per heavy atom. The van der Waals surface area contributed by atoms with Crippen LogP contribution in [0.3, 0.4) is 0 Å². The van der Waals surface area contributed by atoms with Crippen LogP contribution in [-0.2, 0) is 64.4 Å². The second kappa shape index (κ2) is 33.4. The summed E-state index contributed by atoms with van der Waals surface area (Å²) in [5, 5.41) is 34.4. The lowest BCUT2D eigenvalue weighted by atomic mass is 9.39. The first kappa shape index (κ1) is 78.5. The molecule has 9 amide bonds. The third kappa shape index (κ3) is 18.4. The van der Waals surface area contributed by atoms with Crippen molar-refractivity contribution in [2.24, 2.45) is 33.6 Å². The Balaban J connectivity index is 0.657. The van der Waals surface area contributed by atoms with Gasteiger partial charge in [0.05, 0.1) is 28.6 Å². The Labute approximate surface area is 637 Å². The number of aromatic nitrogens is 4. The number of unbranched alkanes of at least 4 members (excludes halogenated alkanes) is 2. The van der Waals surface area contributed by atoms with Gasteiger partial charge in [0.2, 0.25) is 11.8 Å². The Bertz CT molecular complexity index is 4400. The van der Waals surface area contributed by atoms with E-state index in [4.69, 9.17) is 31.0 Å². The van der Waals surface area contributed by atoms with Crippen molar-refractivity contribution in [2.45, 2.75) is 187 Å². The monoisotopic (exact) mass is 1510 g/mol. The number of nitrogens with two attached hydrogens (primary N) is 2. The Morgan fingerprint density at radius 3 is 2.20 bits per heavy atom. The minimum atomic E-state index is -1.21. The fourth-order valence-corrected chi connectivity index (χ4v) is 19.6. The minimum Gasteiger partial charge on any atom is -0.481 e. The van der Waals surface area contributed by atoms with Crippen molar-refractivity contribution in [3.8, 4) is 11.1 Å². The average Bonchev–Trinajstić information content (AvgIpc) is 0.872. The number of likely N-dealkylation sites (tertiary alicyclic amines) is 1. The van der Waals surface area contributed by atoms with Gasteiger partial charge < -0.3 is 51.6 Å². The number of hydrogen-bond acceptors (Lipinski definition) is 18. The lowest BCUT2D eigenvalue weighted by Crippen LogP contribution is -2.64. The zero-order chi connectivity index (χ0) is 77.5. The molecule has 0 spiro atoms. The van der Waals surface area contributed by atoms with Crippen LogP contribution in [0.25, 0.3) is 21.3 Å². The number of thiazole rings is 1. The third-order valence-electron chi connectivity index (χ3n) is 22.7. The quantitative estimate of drug-likeness (QED) is 0.0146. The van der Waals surface area contributed by atoms with Crippen molar-refractivity contribution in [3.05, 3.63) is 131 Å². The molecule has 1 saturated heterocycles. The number of aromatic carboxylic acids is 1. The maximum atomic E-state index is 14.7. The topological polar surface area (TPSA) is 378 Å². The van der Waals surface area contributed by atoms with Gasteiger partial charge in [-0.05, 0) is 185 Å². The highest BCUT2D eigenvalue weighted by molar-refractivity contribution is 7.22. The number of urea groups is 1. The Morgan fingerprint density at radius 2 is 1.51 bits per heavy atom. The predicted octanol–water partition coefficient (Wildman–Crippen LogP) is 9.74. The van der Waals surface area contributed by atoms with Gasteiger partial charge in [-0.2, -0.15) is 5.10 Å². The molecule has 580 valence electrons. The molecule has 5 fully saturated rings. The number of ether oxygens (including phenoxy) is 2. The molecule has 6 aromatic rings. The molecule has 2 unspecified atom stereocenters. The van der Waals surface area contributed by atoms with E-state index in [1.807, 2.05) is 71.1 Å². The second-order valence-corrected chi connectivity index (χ2v) is 32.8. The second-order valence-electron chi connectivity index (χ2n) is 31.7. The number of carbonyl (C=O) groups excluding carboxylic acids is 8. The third-order valence-corrected chi connectivity index (χ3v) is 23.6. The summed E-state index contributed by atoms with van der Waals surface area (Å²) >= 11 is 1.41. The van der Waals surface area contributed by atoms with Crippen LogP contribution < -0.4 is 37.2 Å². The minimum absolute atomic E-state index is 0.00142. The van der Waals surface area contributed by atoms with Gasteiger partial charge in [0.15, 0.2) is 10.8 Å². The van der Waals surface area contributed by atoms with Gasteiger partial charge in [0, 0.05) is 111 Å². The molecular formula is C80H100N14O14S. The maximum absolute atomic E-state index is 14.7. The van der Waals surface area contributed by atoms with Crippen LogP contribution in [0.1, 0.15) is 174 Å². The summed E-state index contributed by atoms with van der Waals surface area (Å²) in [5.41, 5.74) is 16.8. The van der Waals surface area contributed by atoms with Gasteiger partial charge >= 0.3 is 24.1 Å². The molecule has 13 rings (SSSR count). The maximum Gasteiger partial charge on any atom is 0.410 e. The first-order chi connectivity index (χ1) is 52.1. The number of carboxylic acid groups (broad SMARTS) is 2. The molecule has 3 aromatic carbocycles. The summed E-state index contributed by atoms with van der Waals surface area (Å²) in [7, 11) is 0. The van der Waals surface area contributed by atoms with Gasteiger partial charge in [-0.3, -0.25) is 58.3 Å². The molecule has 3 aliphatic heterocycles. The zero-order valence-electron chi connectivity index (χ0n) is 62.7. The van der Waals surface area contributed by atoms with E-state index in [-0.39, 0.29) is 96.8 Å². The van der Waals surface area contributed by atoms with E-state index < -0.39 is 65.4 Å². The number of amides is 9. The number of rotatable bonds is 34. The lowest BCUT2D eigenvalue weighted by molar-refractivity contribution is -0.249. The number of imide groups is 1. The van der Waals surface area contributed by atoms with E-state index in [1.165, 1.54) is 28.4 Å². The van der Waals surface area contributed by atoms with Crippen LogP contribution in [0.5, 0.6) is 0 Å². The Hall–Kier alpha value is -10.1. The van der Waals surface area contributed by atoms with E-state index in [1.54, 1.807) is 49.2 Å². The van der Waals surface area contributed by atoms with Crippen molar-refractivity contribution in [3.63, 3.8) is 0 Å². The summed E-state index contributed by atoms with van der Waals surface area (Å²) in [5.74, 6) is -4.82. The zero-order valence-corrected chi connectivity index (χ0v) is 63.5. The average molecular weight is 1510 g/mol. The molecule has 28 nitrogen and oxygen atoms in total. The van der Waals surface area contributed by atoms with Gasteiger partial charge in [0.25, 0.3) is 23.6 Å². The molecule has 4 aliphatic carbocycles. The van der Waals surface area contributed by atoms with Gasteiger partial charge in [0.1, 0.15) is 24.5 Å². The molecule has 4 bridgehead atoms. The van der Waals surface area contributed by atoms with Crippen molar-refractivity contribution >= 4 is 97.7 Å². The molecule has 0 radical (unpaired) electrons. The summed E-state index contributed by atoms with van der Waals surface area (Å²) in [6, 6.07) is 20.7. The summed E-state index contributed by atoms with van der Waals surface area (Å²) in [6.45, 7) is 14.4. The highest BCUT2D eigenvalue weighted by Crippen LogP contribution is 2.72. The van der Waals surface area contributed by atoms with Crippen molar-refractivity contribution < 1.29 is 67.6 Å². The number of benzene rings is 3. The number of nitrogens with zero attached hydrogens (tertiary/aromatic N) is 9. The number of hydrogen-bond donors (Lipinski definition) is 7. The summed E-state index contributed by atoms with van der Waals surface area (Å²) in [4.78, 5) is 147. The van der Waals surface area contributed by atoms with E-state index in [0.29, 0.717) is 131 Å². The van der Waals surface area contributed by atoms with Crippen LogP contribution in [0.15, 0.2) is 97.2 Å². The SMILES string of the molecule is Cc1c(-c2ccc(N3CCc4cccc(C(=O)Nc5nc6ccccc6s5)c4C3)nc2C(=O)O)cnn1CC12CC3(C)CC(C)(C1)CC(OCCN(CCCC(=O)O)C1CCN(C(=O)OCc4ccc(N(C(=O)[C@@H](NC(=O)CCCCCN5C(=O)C=CC5=O)C(C)C)[C@@H](CCCNC(N)=O)C(N)=O)cc4)CC1)(C3)C2. The molecule has 3 aromatic heterocycles. The molecule has 109 heavy (non-hydrogen) atoms. The van der Waals surface area contributed by atoms with E-state index in [2.05, 4.69) is 39.7 Å². The molecular weight excluding hydrogens is 1410 g/mol. The smallest absolute Gasteiger partial charge is 0.410 e. The fraction of sp³-hybridized carbons (Fsp3) is 0.512. The van der Waals surface area contributed by atoms with Crippen molar-refractivity contribution in [1.82, 2.24) is 45.1 Å². The van der Waals surface area contributed by atoms with Gasteiger partial charge in [-0.25, -0.2) is 24.4 Å². The highest BCUT2D eigenvalue weighted by atomic mass is 32.1. The first-order valence-corrected chi connectivity index (χ1v) is 38.8. The van der Waals surface area contributed by atoms with E-state index in [9.17, 15) is 58.2 Å². The molecule has 6 heterocycles. The number of pyridine rings is 1. The van der Waals surface area contributed by atoms with Gasteiger partial charge in [-0.15, -0.1) is 0 Å². The van der Waals surface area contributed by atoms with Crippen LogP contribution >= 0.6 is 11.3 Å². The summed E-state index contributed by atoms with van der Waals surface area (Å²) in [6.07, 6.45) is 13.5. The van der Waals surface area contributed by atoms with Crippen LogP contribution in [-0.4, -0.2) is 180 Å². The van der Waals surface area contributed by atoms with Crippen LogP contribution in [0, 0.1) is 29.1 Å². The lowest BCUT2D eigenvalue weighted by Gasteiger charge is -2.69. The number of primary amides is 2. The molecule has 9 N–H and O–H groups in total. The van der Waals surface area contributed by atoms with Gasteiger partial charge in [-0.1, -0.05) is 81.9 Å². The van der Waals surface area contributed by atoms with E-state index in [0.717, 1.165) is 70.5 Å². The number of para-hydroxylation sites is 1. The van der Waals surface area contributed by atoms with E-state index >= 15 is 0 Å². The number of carbonyl (C=O) groups is 10. The number of anilines is 3. The predicted molar refractivity (Wildman–Crippen MR) is 409 cm³/mol. The number of fused-ring (bicyclic) bond motifs is 2. The number of nitrogens with one attached hydrogen (secondary N) is 3. The fourth-order valence-electron chi connectivity index (χ4n) is 18.8. The normalized spacial score (nSPS) is 21.4. The highest BCUT2D eigenvalue weighted by Gasteiger charge is 2.66. The summed E-state index contributed by atoms with van der Waals surface area (Å²) < 4.78 is 16.2.